The number of nitrogens with zero attached hydrogens (tertiary/aromatic N) is 4. The highest BCUT2D eigenvalue weighted by molar-refractivity contribution is 6.31. The molecule has 0 saturated carbocycles. The van der Waals surface area contributed by atoms with E-state index in [-0.39, 0.29) is 37.8 Å². The predicted molar refractivity (Wildman–Crippen MR) is 122 cm³/mol. The first-order chi connectivity index (χ1) is 16.3. The molecule has 2 aliphatic heterocycles. The maximum atomic E-state index is 13.1. The highest BCUT2D eigenvalue weighted by Gasteiger charge is 2.42. The summed E-state index contributed by atoms with van der Waals surface area (Å²) < 4.78 is 22.3. The maximum Gasteiger partial charge on any atom is 0.228 e. The smallest absolute Gasteiger partial charge is 0.228 e. The number of carbonyl (C=O) groups excluding carboxylic acids is 2. The fourth-order valence-electron chi connectivity index (χ4n) is 4.09. The second-order valence-corrected chi connectivity index (χ2v) is 9.10. The minimum Gasteiger partial charge on any atom is -0.490 e. The van der Waals surface area contributed by atoms with E-state index >= 15 is 0 Å². The SMILES string of the molecule is Cc1cc(OC[C@@]2(CC(=O)N3CCOCC3)CN(C(=O)Cc3nonc3C)CCO2)ccc1Cl. The van der Waals surface area contributed by atoms with E-state index in [0.29, 0.717) is 61.6 Å². The molecule has 11 heteroatoms. The van der Waals surface area contributed by atoms with Crippen LogP contribution < -0.4 is 4.74 Å². The average molecular weight is 493 g/mol. The minimum absolute atomic E-state index is 0.0509. The zero-order chi connectivity index (χ0) is 24.1. The zero-order valence-electron chi connectivity index (χ0n) is 19.4. The first-order valence-corrected chi connectivity index (χ1v) is 11.7. The predicted octanol–water partition coefficient (Wildman–Crippen LogP) is 1.81. The van der Waals surface area contributed by atoms with Crippen LogP contribution in [0.1, 0.15) is 23.4 Å². The number of halogens is 1. The number of hydrogen-bond acceptors (Lipinski definition) is 8. The fraction of sp³-hybridized carbons (Fsp3) is 0.565. The van der Waals surface area contributed by atoms with Gasteiger partial charge in [0.15, 0.2) is 0 Å². The zero-order valence-corrected chi connectivity index (χ0v) is 20.2. The summed E-state index contributed by atoms with van der Waals surface area (Å²) in [7, 11) is 0. The summed E-state index contributed by atoms with van der Waals surface area (Å²) in [4.78, 5) is 29.7. The summed E-state index contributed by atoms with van der Waals surface area (Å²) in [6.45, 7) is 6.76. The summed E-state index contributed by atoms with van der Waals surface area (Å²) in [5.74, 6) is 0.439. The number of hydrogen-bond donors (Lipinski definition) is 0. The van der Waals surface area contributed by atoms with Gasteiger partial charge >= 0.3 is 0 Å². The molecule has 34 heavy (non-hydrogen) atoms. The molecule has 3 heterocycles. The lowest BCUT2D eigenvalue weighted by molar-refractivity contribution is -0.167. The number of amides is 2. The molecule has 1 aromatic carbocycles. The van der Waals surface area contributed by atoms with Crippen LogP contribution in [0.2, 0.25) is 5.02 Å². The Kier molecular flexibility index (Phi) is 7.70. The molecule has 0 bridgehead atoms. The third-order valence-electron chi connectivity index (χ3n) is 6.13. The van der Waals surface area contributed by atoms with Crippen LogP contribution in [0.15, 0.2) is 22.8 Å². The molecule has 0 aliphatic carbocycles. The van der Waals surface area contributed by atoms with Crippen molar-refractivity contribution >= 4 is 23.4 Å². The number of carbonyl (C=O) groups is 2. The van der Waals surface area contributed by atoms with E-state index in [4.69, 9.17) is 30.4 Å². The number of benzene rings is 1. The Morgan fingerprint density at radius 3 is 2.56 bits per heavy atom. The van der Waals surface area contributed by atoms with Gasteiger partial charge in [0.25, 0.3) is 0 Å². The van der Waals surface area contributed by atoms with Crippen molar-refractivity contribution in [3.63, 3.8) is 0 Å². The van der Waals surface area contributed by atoms with Gasteiger partial charge in [-0.1, -0.05) is 21.9 Å². The Bertz CT molecular complexity index is 1020. The van der Waals surface area contributed by atoms with E-state index in [1.807, 2.05) is 13.0 Å². The van der Waals surface area contributed by atoms with E-state index in [1.54, 1.807) is 28.9 Å². The molecule has 1 aromatic heterocycles. The molecule has 2 aromatic rings. The van der Waals surface area contributed by atoms with Crippen LogP contribution >= 0.6 is 11.6 Å². The van der Waals surface area contributed by atoms with Gasteiger partial charge in [-0.05, 0) is 37.6 Å². The molecular formula is C23H29ClN4O6. The van der Waals surface area contributed by atoms with Crippen LogP contribution in [-0.4, -0.2) is 90.1 Å². The van der Waals surface area contributed by atoms with Gasteiger partial charge in [-0.15, -0.1) is 0 Å². The third-order valence-corrected chi connectivity index (χ3v) is 6.56. The van der Waals surface area contributed by atoms with Crippen molar-refractivity contribution in [2.45, 2.75) is 32.3 Å². The molecule has 184 valence electrons. The highest BCUT2D eigenvalue weighted by atomic mass is 35.5. The normalized spacial score (nSPS) is 20.9. The van der Waals surface area contributed by atoms with E-state index in [0.717, 1.165) is 5.56 Å². The minimum atomic E-state index is -0.992. The molecule has 1 atom stereocenters. The number of morpholine rings is 2. The largest absolute Gasteiger partial charge is 0.490 e. The van der Waals surface area contributed by atoms with Gasteiger partial charge < -0.3 is 24.0 Å². The molecule has 4 rings (SSSR count). The Morgan fingerprint density at radius 2 is 1.85 bits per heavy atom. The van der Waals surface area contributed by atoms with Crippen molar-refractivity contribution in [3.8, 4) is 5.75 Å². The van der Waals surface area contributed by atoms with Crippen LogP contribution in [0.25, 0.3) is 0 Å². The van der Waals surface area contributed by atoms with Crippen molar-refractivity contribution in [2.75, 3.05) is 52.6 Å². The maximum absolute atomic E-state index is 13.1. The molecule has 0 radical (unpaired) electrons. The van der Waals surface area contributed by atoms with Crippen molar-refractivity contribution in [1.82, 2.24) is 20.1 Å². The molecule has 10 nitrogen and oxygen atoms in total. The van der Waals surface area contributed by atoms with Crippen LogP contribution in [0, 0.1) is 13.8 Å². The van der Waals surface area contributed by atoms with Gasteiger partial charge in [-0.3, -0.25) is 9.59 Å². The van der Waals surface area contributed by atoms with Gasteiger partial charge in [-0.2, -0.15) is 0 Å². The van der Waals surface area contributed by atoms with Gasteiger partial charge in [0, 0.05) is 24.7 Å². The monoisotopic (exact) mass is 492 g/mol. The quantitative estimate of drug-likeness (QED) is 0.576. The van der Waals surface area contributed by atoms with Gasteiger partial charge in [-0.25, -0.2) is 4.63 Å². The van der Waals surface area contributed by atoms with Crippen molar-refractivity contribution < 1.29 is 28.4 Å². The summed E-state index contributed by atoms with van der Waals surface area (Å²) in [5, 5.41) is 8.20. The Hall–Kier alpha value is -2.69. The van der Waals surface area contributed by atoms with Crippen LogP contribution in [0.5, 0.6) is 5.75 Å². The molecule has 0 spiro atoms. The lowest BCUT2D eigenvalue weighted by atomic mass is 9.96. The molecule has 2 amide bonds. The molecular weight excluding hydrogens is 464 g/mol. The van der Waals surface area contributed by atoms with Crippen LogP contribution in [0.3, 0.4) is 0 Å². The molecule has 0 N–H and O–H groups in total. The molecule has 0 unspecified atom stereocenters. The number of ether oxygens (including phenoxy) is 3. The highest BCUT2D eigenvalue weighted by Crippen LogP contribution is 2.28. The van der Waals surface area contributed by atoms with E-state index in [9.17, 15) is 9.59 Å². The van der Waals surface area contributed by atoms with E-state index in [1.165, 1.54) is 0 Å². The molecule has 2 fully saturated rings. The fourth-order valence-corrected chi connectivity index (χ4v) is 4.21. The van der Waals surface area contributed by atoms with E-state index < -0.39 is 5.60 Å². The van der Waals surface area contributed by atoms with Crippen LogP contribution in [0.4, 0.5) is 0 Å². The number of aryl methyl sites for hydroxylation is 2. The van der Waals surface area contributed by atoms with E-state index in [2.05, 4.69) is 10.3 Å². The lowest BCUT2D eigenvalue weighted by Gasteiger charge is -2.43. The standard InChI is InChI=1S/C23H29ClN4O6/c1-16-11-18(3-4-19(16)24)32-15-23(13-22(30)27-5-8-31-9-6-27)14-28(7-10-33-23)21(29)12-20-17(2)25-34-26-20/h3-4,11H,5-10,12-15H2,1-2H3/t23-/m1/s1. The lowest BCUT2D eigenvalue weighted by Crippen LogP contribution is -2.59. The van der Waals surface area contributed by atoms with Crippen molar-refractivity contribution in [3.05, 3.63) is 40.2 Å². The van der Waals surface area contributed by atoms with Gasteiger partial charge in [0.1, 0.15) is 29.3 Å². The summed E-state index contributed by atoms with van der Waals surface area (Å²) in [6.07, 6.45) is 0.161. The average Bonchev–Trinajstić information content (AvgIpc) is 3.24. The van der Waals surface area contributed by atoms with Crippen molar-refractivity contribution in [1.29, 1.82) is 0 Å². The first-order valence-electron chi connectivity index (χ1n) is 11.3. The second-order valence-electron chi connectivity index (χ2n) is 8.69. The Labute approximate surface area is 203 Å². The van der Waals surface area contributed by atoms with Crippen LogP contribution in [-0.2, 0) is 25.5 Å². The van der Waals surface area contributed by atoms with Gasteiger partial charge in [0.2, 0.25) is 11.8 Å². The first kappa shape index (κ1) is 24.4. The summed E-state index contributed by atoms with van der Waals surface area (Å²) in [5.41, 5.74) is 0.972. The second kappa shape index (κ2) is 10.7. The van der Waals surface area contributed by atoms with Crippen molar-refractivity contribution in [2.24, 2.45) is 0 Å². The third kappa shape index (κ3) is 5.86. The number of rotatable bonds is 7. The topological polar surface area (TPSA) is 107 Å². The summed E-state index contributed by atoms with van der Waals surface area (Å²) in [6, 6.07) is 5.38. The summed E-state index contributed by atoms with van der Waals surface area (Å²) >= 11 is 6.13. The molecule has 2 aliphatic rings. The Morgan fingerprint density at radius 1 is 1.09 bits per heavy atom. The van der Waals surface area contributed by atoms with Gasteiger partial charge in [0.05, 0.1) is 39.2 Å². The number of aromatic nitrogens is 2. The molecule has 2 saturated heterocycles. The Balaban J connectivity index is 1.50.